The molecule has 2 unspecified atom stereocenters. The van der Waals surface area contributed by atoms with E-state index in [1.807, 2.05) is 31.3 Å². The number of ether oxygens (including phenoxy) is 3. The number of ketones is 1. The van der Waals surface area contributed by atoms with E-state index in [1.54, 1.807) is 7.11 Å². The second kappa shape index (κ2) is 17.7. The molecule has 0 aromatic heterocycles. The first-order chi connectivity index (χ1) is 20.5. The number of nitrogens with zero attached hydrogens (tertiary/aromatic N) is 1. The molecule has 0 amide bonds. The van der Waals surface area contributed by atoms with Crippen LogP contribution in [0.15, 0.2) is 77.5 Å². The lowest BCUT2D eigenvalue weighted by Gasteiger charge is -2.17. The largest absolute Gasteiger partial charge is 0.497 e. The summed E-state index contributed by atoms with van der Waals surface area (Å²) >= 11 is 0. The maximum atomic E-state index is 12.3. The number of allylic oxidation sites excluding steroid dienone is 5. The van der Waals surface area contributed by atoms with Crippen molar-refractivity contribution in [3.8, 4) is 5.75 Å². The van der Waals surface area contributed by atoms with E-state index in [0.717, 1.165) is 68.3 Å². The molecule has 0 saturated carbocycles. The molecule has 2 aliphatic heterocycles. The molecular formula is C38H53NO4. The summed E-state index contributed by atoms with van der Waals surface area (Å²) in [4.78, 5) is 16.9. The van der Waals surface area contributed by atoms with Crippen LogP contribution in [0.2, 0.25) is 0 Å². The Labute approximate surface area is 261 Å². The normalized spacial score (nSPS) is 19.0. The van der Waals surface area contributed by atoms with Gasteiger partial charge in [-0.3, -0.25) is 9.79 Å². The first-order valence-corrected chi connectivity index (χ1v) is 15.6. The van der Waals surface area contributed by atoms with Crippen molar-refractivity contribution in [1.82, 2.24) is 0 Å². The number of methoxy groups -OCH3 is 1. The van der Waals surface area contributed by atoms with Crippen LogP contribution in [0, 0.1) is 18.8 Å². The zero-order valence-corrected chi connectivity index (χ0v) is 25.9. The zero-order chi connectivity index (χ0) is 29.7. The lowest BCUT2D eigenvalue weighted by atomic mass is 9.85. The quantitative estimate of drug-likeness (QED) is 0.194. The second-order valence-electron chi connectivity index (χ2n) is 11.4. The molecule has 1 aliphatic carbocycles. The highest BCUT2D eigenvalue weighted by molar-refractivity contribution is 6.12. The third-order valence-electron chi connectivity index (χ3n) is 8.38. The molecule has 234 valence electrons. The summed E-state index contributed by atoms with van der Waals surface area (Å²) in [6.45, 7) is 9.58. The summed E-state index contributed by atoms with van der Waals surface area (Å²) in [6.07, 6.45) is 15.5. The Morgan fingerprint density at radius 2 is 1.88 bits per heavy atom. The number of aryl methyl sites for hydroxylation is 2. The molecule has 2 aromatic carbocycles. The predicted molar refractivity (Wildman–Crippen MR) is 181 cm³/mol. The van der Waals surface area contributed by atoms with E-state index in [9.17, 15) is 4.79 Å². The van der Waals surface area contributed by atoms with Gasteiger partial charge in [0.15, 0.2) is 5.78 Å². The molecule has 2 heterocycles. The fraction of sp³-hybridized carbons (Fsp3) is 0.474. The molecule has 5 heteroatoms. The maximum absolute atomic E-state index is 12.3. The predicted octanol–water partition coefficient (Wildman–Crippen LogP) is 9.25. The minimum absolute atomic E-state index is 0. The number of hydrogen-bond acceptors (Lipinski definition) is 5. The molecule has 3 aliphatic rings. The van der Waals surface area contributed by atoms with E-state index >= 15 is 0 Å². The van der Waals surface area contributed by atoms with Gasteiger partial charge in [0.2, 0.25) is 0 Å². The summed E-state index contributed by atoms with van der Waals surface area (Å²) in [7, 11) is 1.68. The van der Waals surface area contributed by atoms with Crippen molar-refractivity contribution >= 4 is 17.1 Å². The van der Waals surface area contributed by atoms with Gasteiger partial charge in [0.1, 0.15) is 5.75 Å². The monoisotopic (exact) mass is 587 g/mol. The first-order valence-electron chi connectivity index (χ1n) is 15.6. The first kappa shape index (κ1) is 34.2. The van der Waals surface area contributed by atoms with Crippen LogP contribution >= 0.6 is 0 Å². The Hall–Kier alpha value is -3.28. The lowest BCUT2D eigenvalue weighted by Crippen LogP contribution is -2.14. The molecule has 0 bridgehead atoms. The van der Waals surface area contributed by atoms with E-state index in [4.69, 9.17) is 14.2 Å². The van der Waals surface area contributed by atoms with Gasteiger partial charge in [0.05, 0.1) is 12.8 Å². The van der Waals surface area contributed by atoms with Crippen molar-refractivity contribution in [3.05, 3.63) is 94.7 Å². The molecule has 5 nitrogen and oxygen atoms in total. The van der Waals surface area contributed by atoms with Gasteiger partial charge in [0, 0.05) is 52.0 Å². The Kier molecular flexibility index (Phi) is 14.1. The molecule has 5 rings (SSSR count). The van der Waals surface area contributed by atoms with Crippen molar-refractivity contribution < 1.29 is 20.4 Å². The number of carbonyl (C=O) groups is 1. The van der Waals surface area contributed by atoms with Crippen LogP contribution in [0.3, 0.4) is 0 Å². The van der Waals surface area contributed by atoms with Gasteiger partial charge in [-0.2, -0.15) is 0 Å². The van der Waals surface area contributed by atoms with E-state index in [2.05, 4.69) is 61.3 Å². The molecule has 1 saturated heterocycles. The van der Waals surface area contributed by atoms with Crippen LogP contribution in [0.1, 0.15) is 88.3 Å². The molecule has 0 radical (unpaired) electrons. The zero-order valence-electron chi connectivity index (χ0n) is 25.9. The standard InChI is InChI=1S/C21H32O3.C16H15NO.CH4.H2/c1-3-18-8-9-20(17(2)16-18)21(22)7-5-13-24-15-11-19-6-4-12-23-14-10-19;1-11-4-3-5-14-15(10-17-16(11)14)12-6-8-13(18-2)9-7-12;;/h8-9,16,19H,3-7,10-15H2,1-2H3;3-10,14H,1-2H3;1H4;1H. The van der Waals surface area contributed by atoms with Crippen LogP contribution in [0.5, 0.6) is 5.75 Å². The molecule has 2 atom stereocenters. The highest BCUT2D eigenvalue weighted by Gasteiger charge is 2.26. The van der Waals surface area contributed by atoms with Gasteiger partial charge in [-0.15, -0.1) is 0 Å². The smallest absolute Gasteiger partial charge is 0.163 e. The van der Waals surface area contributed by atoms with Gasteiger partial charge in [0.25, 0.3) is 0 Å². The van der Waals surface area contributed by atoms with Gasteiger partial charge in [-0.05, 0) is 98.3 Å². The molecule has 43 heavy (non-hydrogen) atoms. The van der Waals surface area contributed by atoms with Crippen LogP contribution < -0.4 is 4.74 Å². The summed E-state index contributed by atoms with van der Waals surface area (Å²) in [5.41, 5.74) is 8.14. The molecule has 0 N–H and O–H groups in total. The topological polar surface area (TPSA) is 57.1 Å². The van der Waals surface area contributed by atoms with Crippen molar-refractivity contribution in [2.24, 2.45) is 16.8 Å². The van der Waals surface area contributed by atoms with Crippen LogP contribution in [-0.4, -0.2) is 45.0 Å². The summed E-state index contributed by atoms with van der Waals surface area (Å²) < 4.78 is 16.4. The SMILES string of the molecule is C.CCc1ccc(C(=O)CCCOCCC2CCCOCC2)c(C)c1.COc1ccc(C2=CN=C3C(C)=CC=CC23)cc1.[HH]. The molecule has 2 aromatic rings. The van der Waals surface area contributed by atoms with Gasteiger partial charge >= 0.3 is 0 Å². The Morgan fingerprint density at radius 3 is 2.63 bits per heavy atom. The van der Waals surface area contributed by atoms with Crippen molar-refractivity contribution in [1.29, 1.82) is 0 Å². The van der Waals surface area contributed by atoms with E-state index < -0.39 is 0 Å². The maximum Gasteiger partial charge on any atom is 0.163 e. The Balaban J connectivity index is 0.000000303. The Bertz CT molecular complexity index is 1300. The van der Waals surface area contributed by atoms with Gasteiger partial charge in [-0.1, -0.05) is 62.9 Å². The van der Waals surface area contributed by atoms with E-state index in [-0.39, 0.29) is 14.6 Å². The number of Topliss-reactive ketones (excluding diaryl/α,β-unsaturated/α-hetero) is 1. The summed E-state index contributed by atoms with van der Waals surface area (Å²) in [5, 5.41) is 0. The minimum atomic E-state index is 0. The minimum Gasteiger partial charge on any atom is -0.497 e. The van der Waals surface area contributed by atoms with Crippen molar-refractivity contribution in [2.45, 2.75) is 73.1 Å². The second-order valence-corrected chi connectivity index (χ2v) is 11.4. The summed E-state index contributed by atoms with van der Waals surface area (Å²) in [5.74, 6) is 2.17. The number of aliphatic imine (C=N–C) groups is 1. The van der Waals surface area contributed by atoms with Gasteiger partial charge in [-0.25, -0.2) is 0 Å². The number of carbonyl (C=O) groups excluding carboxylic acids is 1. The van der Waals surface area contributed by atoms with Crippen LogP contribution in [-0.2, 0) is 15.9 Å². The average molecular weight is 588 g/mol. The van der Waals surface area contributed by atoms with Crippen LogP contribution in [0.25, 0.3) is 5.57 Å². The van der Waals surface area contributed by atoms with Gasteiger partial charge < -0.3 is 14.2 Å². The fourth-order valence-electron chi connectivity index (χ4n) is 5.76. The lowest BCUT2D eigenvalue weighted by molar-refractivity contribution is 0.0911. The van der Waals surface area contributed by atoms with Crippen molar-refractivity contribution in [3.63, 3.8) is 0 Å². The number of fused-ring (bicyclic) bond motifs is 1. The molecule has 1 fully saturated rings. The highest BCUT2D eigenvalue weighted by Crippen LogP contribution is 2.35. The van der Waals surface area contributed by atoms with Crippen LogP contribution in [0.4, 0.5) is 0 Å². The van der Waals surface area contributed by atoms with Crippen molar-refractivity contribution in [2.75, 3.05) is 33.5 Å². The summed E-state index contributed by atoms with van der Waals surface area (Å²) in [6, 6.07) is 14.3. The number of hydrogen-bond donors (Lipinski definition) is 0. The molecular weight excluding hydrogens is 534 g/mol. The number of rotatable bonds is 11. The number of benzene rings is 2. The Morgan fingerprint density at radius 1 is 1.07 bits per heavy atom. The third kappa shape index (κ3) is 9.87. The average Bonchev–Trinajstić information content (AvgIpc) is 3.28. The van der Waals surface area contributed by atoms with E-state index in [1.165, 1.54) is 40.8 Å². The third-order valence-corrected chi connectivity index (χ3v) is 8.38. The molecule has 0 spiro atoms. The highest BCUT2D eigenvalue weighted by atomic mass is 16.5. The van der Waals surface area contributed by atoms with E-state index in [0.29, 0.717) is 18.9 Å². The fourth-order valence-corrected chi connectivity index (χ4v) is 5.76.